The van der Waals surface area contributed by atoms with Crippen molar-refractivity contribution in [3.05, 3.63) is 0 Å². The molecule has 3 unspecified atom stereocenters. The molecule has 0 aromatic heterocycles. The van der Waals surface area contributed by atoms with Gasteiger partial charge in [-0.15, -0.1) is 0 Å². The fraction of sp³-hybridized carbons (Fsp3) is 0.882. The molecule has 3 rings (SSSR count). The molecule has 1 N–H and O–H groups in total. The lowest BCUT2D eigenvalue weighted by molar-refractivity contribution is -0.165. The van der Waals surface area contributed by atoms with Crippen molar-refractivity contribution in [1.82, 2.24) is 10.2 Å². The molecule has 118 valence electrons. The molecule has 1 heterocycles. The summed E-state index contributed by atoms with van der Waals surface area (Å²) in [6, 6.07) is 0. The summed E-state index contributed by atoms with van der Waals surface area (Å²) in [5.41, 5.74) is -1.30. The molecule has 0 bridgehead atoms. The van der Waals surface area contributed by atoms with E-state index in [0.29, 0.717) is 24.3 Å². The van der Waals surface area contributed by atoms with Gasteiger partial charge in [-0.1, -0.05) is 20.3 Å². The first-order valence-corrected chi connectivity index (χ1v) is 8.48. The number of nitrogens with one attached hydrogen (secondary N) is 1. The highest BCUT2D eigenvalue weighted by molar-refractivity contribution is 6.02. The van der Waals surface area contributed by atoms with Crippen LogP contribution < -0.4 is 5.32 Å². The van der Waals surface area contributed by atoms with Gasteiger partial charge in [-0.05, 0) is 57.3 Å². The first-order valence-electron chi connectivity index (χ1n) is 8.48. The highest BCUT2D eigenvalue weighted by Crippen LogP contribution is 2.49. The van der Waals surface area contributed by atoms with Crippen molar-refractivity contribution in [2.45, 2.75) is 70.9 Å². The van der Waals surface area contributed by atoms with Gasteiger partial charge in [0, 0.05) is 6.54 Å². The van der Waals surface area contributed by atoms with E-state index < -0.39 is 11.1 Å². The summed E-state index contributed by atoms with van der Waals surface area (Å²) in [5, 5.41) is 3.11. The lowest BCUT2D eigenvalue weighted by Crippen LogP contribution is -2.76. The third-order valence-corrected chi connectivity index (χ3v) is 6.04. The molecule has 0 radical (unpaired) electrons. The second-order valence-electron chi connectivity index (χ2n) is 7.78. The first kappa shape index (κ1) is 14.9. The molecular formula is C17H28N2O2. The fourth-order valence-electron chi connectivity index (χ4n) is 3.73. The van der Waals surface area contributed by atoms with Crippen LogP contribution in [0.4, 0.5) is 0 Å². The molecule has 3 aliphatic rings. The lowest BCUT2D eigenvalue weighted by atomic mass is 9.81. The molecular weight excluding hydrogens is 264 g/mol. The number of carbonyl (C=O) groups excluding carboxylic acids is 2. The van der Waals surface area contributed by atoms with Crippen LogP contribution in [0.5, 0.6) is 0 Å². The number of rotatable bonds is 5. The van der Waals surface area contributed by atoms with Crippen LogP contribution in [-0.2, 0) is 9.59 Å². The summed E-state index contributed by atoms with van der Waals surface area (Å²) in [4.78, 5) is 28.0. The van der Waals surface area contributed by atoms with Crippen molar-refractivity contribution in [2.24, 2.45) is 17.8 Å². The van der Waals surface area contributed by atoms with Gasteiger partial charge in [0.2, 0.25) is 11.8 Å². The molecule has 0 aromatic carbocycles. The molecule has 4 nitrogen and oxygen atoms in total. The van der Waals surface area contributed by atoms with Crippen molar-refractivity contribution >= 4 is 11.8 Å². The average Bonchev–Trinajstić information content (AvgIpc) is 3.31. The Balaban J connectivity index is 1.94. The second-order valence-corrected chi connectivity index (χ2v) is 7.78. The summed E-state index contributed by atoms with van der Waals surface area (Å²) in [6.45, 7) is 8.93. The van der Waals surface area contributed by atoms with Gasteiger partial charge in [0.05, 0.1) is 0 Å². The van der Waals surface area contributed by atoms with Gasteiger partial charge >= 0.3 is 0 Å². The van der Waals surface area contributed by atoms with Crippen LogP contribution in [0, 0.1) is 17.8 Å². The van der Waals surface area contributed by atoms with E-state index in [1.54, 1.807) is 0 Å². The van der Waals surface area contributed by atoms with Gasteiger partial charge in [-0.3, -0.25) is 9.59 Å². The Morgan fingerprint density at radius 1 is 1.19 bits per heavy atom. The van der Waals surface area contributed by atoms with Crippen LogP contribution in [0.1, 0.15) is 59.8 Å². The summed E-state index contributed by atoms with van der Waals surface area (Å²) >= 11 is 0. The monoisotopic (exact) mass is 292 g/mol. The van der Waals surface area contributed by atoms with Crippen molar-refractivity contribution in [3.8, 4) is 0 Å². The third-order valence-electron chi connectivity index (χ3n) is 6.04. The molecule has 3 atom stereocenters. The topological polar surface area (TPSA) is 49.4 Å². The van der Waals surface area contributed by atoms with E-state index in [1.807, 2.05) is 18.7 Å². The zero-order chi connectivity index (χ0) is 15.4. The maximum Gasteiger partial charge on any atom is 0.249 e. The molecule has 3 fully saturated rings. The Labute approximate surface area is 127 Å². The Hall–Kier alpha value is -1.06. The molecule has 2 aliphatic carbocycles. The lowest BCUT2D eigenvalue weighted by Gasteiger charge is -2.51. The number of hydrogen-bond donors (Lipinski definition) is 1. The van der Waals surface area contributed by atoms with Gasteiger partial charge in [0.1, 0.15) is 11.1 Å². The molecule has 1 saturated heterocycles. The SMILES string of the molecule is CCC(C)CN1C(=O)C(C)(C2CC2)NC(=O)C1(C)C1CC1. The first-order chi connectivity index (χ1) is 9.84. The van der Waals surface area contributed by atoms with Crippen molar-refractivity contribution in [3.63, 3.8) is 0 Å². The Kier molecular flexibility index (Phi) is 3.34. The standard InChI is InChI=1S/C17H28N2O2/c1-5-11(2)10-19-15(21)16(3,12-6-7-12)18-14(20)17(19,4)13-8-9-13/h11-13H,5-10H2,1-4H3,(H,18,20). The van der Waals surface area contributed by atoms with E-state index in [0.717, 1.165) is 32.1 Å². The number of carbonyl (C=O) groups is 2. The summed E-state index contributed by atoms with van der Waals surface area (Å²) in [5.74, 6) is 1.33. The van der Waals surface area contributed by atoms with Gasteiger partial charge in [0.25, 0.3) is 0 Å². The van der Waals surface area contributed by atoms with E-state index in [1.165, 1.54) is 0 Å². The van der Waals surface area contributed by atoms with Gasteiger partial charge in [-0.25, -0.2) is 0 Å². The Morgan fingerprint density at radius 3 is 2.24 bits per heavy atom. The molecule has 1 aliphatic heterocycles. The van der Waals surface area contributed by atoms with Crippen LogP contribution in [0.3, 0.4) is 0 Å². The molecule has 0 spiro atoms. The van der Waals surface area contributed by atoms with Crippen LogP contribution in [0.25, 0.3) is 0 Å². The number of hydrogen-bond acceptors (Lipinski definition) is 2. The fourth-order valence-corrected chi connectivity index (χ4v) is 3.73. The van der Waals surface area contributed by atoms with Gasteiger partial charge in [-0.2, -0.15) is 0 Å². The normalized spacial score (nSPS) is 38.4. The van der Waals surface area contributed by atoms with Gasteiger partial charge < -0.3 is 10.2 Å². The second kappa shape index (κ2) is 4.72. The minimum atomic E-state index is -0.668. The highest BCUT2D eigenvalue weighted by Gasteiger charge is 2.63. The largest absolute Gasteiger partial charge is 0.340 e. The predicted octanol–water partition coefficient (Wildman–Crippen LogP) is 2.33. The van der Waals surface area contributed by atoms with Crippen molar-refractivity contribution in [1.29, 1.82) is 0 Å². The number of nitrogens with zero attached hydrogens (tertiary/aromatic N) is 1. The summed E-state index contributed by atoms with van der Waals surface area (Å²) < 4.78 is 0. The molecule has 2 saturated carbocycles. The van der Waals surface area contributed by atoms with Crippen LogP contribution >= 0.6 is 0 Å². The predicted molar refractivity (Wildman–Crippen MR) is 81.6 cm³/mol. The number of amides is 2. The van der Waals surface area contributed by atoms with Crippen molar-refractivity contribution in [2.75, 3.05) is 6.54 Å². The summed E-state index contributed by atoms with van der Waals surface area (Å²) in [6.07, 6.45) is 5.27. The van der Waals surface area contributed by atoms with Gasteiger partial charge in [0.15, 0.2) is 0 Å². The molecule has 4 heteroatoms. The minimum Gasteiger partial charge on any atom is -0.340 e. The van der Waals surface area contributed by atoms with E-state index in [4.69, 9.17) is 0 Å². The quantitative estimate of drug-likeness (QED) is 0.845. The third kappa shape index (κ3) is 2.18. The van der Waals surface area contributed by atoms with E-state index in [-0.39, 0.29) is 11.8 Å². The Morgan fingerprint density at radius 2 is 1.76 bits per heavy atom. The maximum atomic E-state index is 13.2. The molecule has 2 amide bonds. The van der Waals surface area contributed by atoms with Crippen LogP contribution in [0.2, 0.25) is 0 Å². The smallest absolute Gasteiger partial charge is 0.249 e. The molecule has 0 aromatic rings. The van der Waals surface area contributed by atoms with E-state index in [2.05, 4.69) is 19.2 Å². The molecule has 21 heavy (non-hydrogen) atoms. The summed E-state index contributed by atoms with van der Waals surface area (Å²) in [7, 11) is 0. The van der Waals surface area contributed by atoms with E-state index in [9.17, 15) is 9.59 Å². The Bertz CT molecular complexity index is 469. The maximum absolute atomic E-state index is 13.2. The zero-order valence-electron chi connectivity index (χ0n) is 13.7. The minimum absolute atomic E-state index is 0.0716. The van der Waals surface area contributed by atoms with Crippen LogP contribution in [-0.4, -0.2) is 34.3 Å². The van der Waals surface area contributed by atoms with Crippen LogP contribution in [0.15, 0.2) is 0 Å². The number of piperazine rings is 1. The van der Waals surface area contributed by atoms with E-state index >= 15 is 0 Å². The average molecular weight is 292 g/mol. The zero-order valence-corrected chi connectivity index (χ0v) is 13.7. The van der Waals surface area contributed by atoms with Crippen molar-refractivity contribution < 1.29 is 9.59 Å². The highest BCUT2D eigenvalue weighted by atomic mass is 16.2.